The van der Waals surface area contributed by atoms with E-state index in [1.807, 2.05) is 26.0 Å². The zero-order valence-electron chi connectivity index (χ0n) is 21.9. The molecule has 196 valence electrons. The van der Waals surface area contributed by atoms with Gasteiger partial charge >= 0.3 is 0 Å². The number of H-pyrrole nitrogens is 1. The van der Waals surface area contributed by atoms with Crippen LogP contribution >= 0.6 is 0 Å². The van der Waals surface area contributed by atoms with Crippen LogP contribution in [-0.4, -0.2) is 55.1 Å². The van der Waals surface area contributed by atoms with Crippen molar-refractivity contribution in [2.24, 2.45) is 5.73 Å². The number of hydrogen-bond acceptors (Lipinski definition) is 6. The lowest BCUT2D eigenvalue weighted by atomic mass is 10.1. The Labute approximate surface area is 218 Å². The molecule has 3 aromatic rings. The molecule has 1 amide bonds. The number of nitrogens with one attached hydrogen (secondary N) is 1. The van der Waals surface area contributed by atoms with Crippen LogP contribution in [0.3, 0.4) is 0 Å². The molecule has 1 unspecified atom stereocenters. The maximum absolute atomic E-state index is 11.6. The van der Waals surface area contributed by atoms with E-state index >= 15 is 0 Å². The number of rotatable bonds is 7. The second-order valence-electron chi connectivity index (χ2n) is 11.2. The van der Waals surface area contributed by atoms with Crippen LogP contribution < -0.4 is 16.1 Å². The van der Waals surface area contributed by atoms with Crippen molar-refractivity contribution in [2.75, 3.05) is 6.61 Å². The fourth-order valence-electron chi connectivity index (χ4n) is 5.64. The van der Waals surface area contributed by atoms with E-state index in [0.717, 1.165) is 0 Å². The SMILES string of the molecule is CC1(C)OC2[C@@H](O1)[C@@H](CO[Si](c1ccccc1)(c1ccccc1)C(C)(C)C)O[C@H]2c1cc(C(N)=O)n[nH]1. The van der Waals surface area contributed by atoms with Crippen LogP contribution in [0.25, 0.3) is 0 Å². The Morgan fingerprint density at radius 2 is 1.59 bits per heavy atom. The summed E-state index contributed by atoms with van der Waals surface area (Å²) in [6.07, 6.45) is -1.62. The van der Waals surface area contributed by atoms with Gasteiger partial charge in [-0.3, -0.25) is 9.89 Å². The third-order valence-corrected chi connectivity index (χ3v) is 12.2. The minimum atomic E-state index is -2.77. The lowest BCUT2D eigenvalue weighted by Crippen LogP contribution is -2.67. The predicted octanol–water partition coefficient (Wildman–Crippen LogP) is 3.05. The molecule has 9 heteroatoms. The normalized spacial score (nSPS) is 25.2. The van der Waals surface area contributed by atoms with Crippen LogP contribution in [-0.2, 0) is 18.6 Å². The highest BCUT2D eigenvalue weighted by Crippen LogP contribution is 2.46. The Hall–Kier alpha value is -2.82. The first-order chi connectivity index (χ1) is 17.5. The smallest absolute Gasteiger partial charge is 0.269 e. The molecule has 1 aromatic heterocycles. The first kappa shape index (κ1) is 25.8. The van der Waals surface area contributed by atoms with Gasteiger partial charge in [-0.15, -0.1) is 0 Å². The number of primary amides is 1. The molecule has 5 rings (SSSR count). The molecule has 37 heavy (non-hydrogen) atoms. The maximum Gasteiger partial charge on any atom is 0.269 e. The van der Waals surface area contributed by atoms with Crippen molar-refractivity contribution in [3.63, 3.8) is 0 Å². The number of aromatic nitrogens is 2. The monoisotopic (exact) mass is 521 g/mol. The van der Waals surface area contributed by atoms with Gasteiger partial charge in [0, 0.05) is 0 Å². The van der Waals surface area contributed by atoms with Gasteiger partial charge in [-0.05, 0) is 35.3 Å². The van der Waals surface area contributed by atoms with E-state index in [-0.39, 0.29) is 22.9 Å². The molecular weight excluding hydrogens is 486 g/mol. The standard InChI is InChI=1S/C28H35N3O5Si/c1-27(2,3)37(18-12-8-6-9-13-18,19-14-10-7-11-15-19)33-17-22-24-25(36-28(4,5)35-24)23(34-22)20-16-21(26(29)32)31-30-20/h6-16,22-25H,17H2,1-5H3,(H2,29,32)(H,30,31)/t22-,23+,24+,25?/m1/s1. The van der Waals surface area contributed by atoms with Crippen LogP contribution in [0.15, 0.2) is 66.7 Å². The second-order valence-corrected chi connectivity index (χ2v) is 15.5. The van der Waals surface area contributed by atoms with E-state index in [1.54, 1.807) is 6.07 Å². The van der Waals surface area contributed by atoms with Crippen LogP contribution in [0.4, 0.5) is 0 Å². The third kappa shape index (κ3) is 4.66. The average Bonchev–Trinajstić information content (AvgIpc) is 3.54. The molecule has 2 aliphatic rings. The van der Waals surface area contributed by atoms with Crippen molar-refractivity contribution in [2.45, 2.75) is 69.9 Å². The van der Waals surface area contributed by atoms with Crippen molar-refractivity contribution in [1.82, 2.24) is 10.2 Å². The number of ether oxygens (including phenoxy) is 3. The van der Waals surface area contributed by atoms with Crippen LogP contribution in [0.5, 0.6) is 0 Å². The summed E-state index contributed by atoms with van der Waals surface area (Å²) < 4.78 is 26.2. The summed E-state index contributed by atoms with van der Waals surface area (Å²) in [5.41, 5.74) is 6.19. The van der Waals surface area contributed by atoms with Gasteiger partial charge in [0.1, 0.15) is 30.1 Å². The highest BCUT2D eigenvalue weighted by atomic mass is 28.4. The molecule has 2 aromatic carbocycles. The van der Waals surface area contributed by atoms with Crippen molar-refractivity contribution >= 4 is 24.6 Å². The molecule has 4 atom stereocenters. The number of benzene rings is 2. The van der Waals surface area contributed by atoms with Crippen molar-refractivity contribution in [3.05, 3.63) is 78.1 Å². The second kappa shape index (κ2) is 9.49. The van der Waals surface area contributed by atoms with Gasteiger partial charge < -0.3 is 24.4 Å². The number of carbonyl (C=O) groups excluding carboxylic acids is 1. The highest BCUT2D eigenvalue weighted by molar-refractivity contribution is 6.99. The number of carbonyl (C=O) groups is 1. The van der Waals surface area contributed by atoms with Crippen molar-refractivity contribution < 1.29 is 23.4 Å². The summed E-state index contributed by atoms with van der Waals surface area (Å²) in [7, 11) is -2.77. The molecule has 0 saturated carbocycles. The molecule has 3 heterocycles. The van der Waals surface area contributed by atoms with E-state index in [4.69, 9.17) is 24.4 Å². The van der Waals surface area contributed by atoms with Gasteiger partial charge in [-0.2, -0.15) is 5.10 Å². The predicted molar refractivity (Wildman–Crippen MR) is 142 cm³/mol. The minimum Gasteiger partial charge on any atom is -0.405 e. The lowest BCUT2D eigenvalue weighted by molar-refractivity contribution is -0.190. The fourth-order valence-corrected chi connectivity index (χ4v) is 10.2. The zero-order valence-corrected chi connectivity index (χ0v) is 22.9. The third-order valence-electron chi connectivity index (χ3n) is 7.19. The maximum atomic E-state index is 11.6. The first-order valence-corrected chi connectivity index (χ1v) is 14.5. The van der Waals surface area contributed by atoms with Gasteiger partial charge in [0.15, 0.2) is 5.79 Å². The summed E-state index contributed by atoms with van der Waals surface area (Å²) >= 11 is 0. The summed E-state index contributed by atoms with van der Waals surface area (Å²) in [4.78, 5) is 11.6. The lowest BCUT2D eigenvalue weighted by Gasteiger charge is -2.43. The number of nitrogens with two attached hydrogens (primary N) is 1. The van der Waals surface area contributed by atoms with Gasteiger partial charge in [0.25, 0.3) is 14.2 Å². The van der Waals surface area contributed by atoms with Crippen molar-refractivity contribution in [3.8, 4) is 0 Å². The summed E-state index contributed by atoms with van der Waals surface area (Å²) in [5.74, 6) is -1.38. The largest absolute Gasteiger partial charge is 0.405 e. The number of hydrogen-bond donors (Lipinski definition) is 2. The average molecular weight is 522 g/mol. The molecule has 2 saturated heterocycles. The molecule has 8 nitrogen and oxygen atoms in total. The van der Waals surface area contributed by atoms with Crippen LogP contribution in [0.2, 0.25) is 5.04 Å². The molecule has 2 fully saturated rings. The van der Waals surface area contributed by atoms with E-state index < -0.39 is 32.2 Å². The number of aromatic amines is 1. The van der Waals surface area contributed by atoms with Gasteiger partial charge in [-0.1, -0.05) is 81.4 Å². The topological polar surface area (TPSA) is 109 Å². The molecule has 0 bridgehead atoms. The van der Waals surface area contributed by atoms with Gasteiger partial charge in [0.05, 0.1) is 12.3 Å². The van der Waals surface area contributed by atoms with E-state index in [0.29, 0.717) is 12.3 Å². The minimum absolute atomic E-state index is 0.153. The summed E-state index contributed by atoms with van der Waals surface area (Å²) in [6, 6.07) is 22.6. The van der Waals surface area contributed by atoms with E-state index in [2.05, 4.69) is 79.5 Å². The Balaban J connectivity index is 1.49. The molecule has 0 aliphatic carbocycles. The quantitative estimate of drug-likeness (QED) is 0.463. The van der Waals surface area contributed by atoms with Crippen LogP contribution in [0.1, 0.15) is 56.9 Å². The Morgan fingerprint density at radius 3 is 2.11 bits per heavy atom. The highest BCUT2D eigenvalue weighted by Gasteiger charge is 2.57. The Morgan fingerprint density at radius 1 is 1.03 bits per heavy atom. The molecule has 0 spiro atoms. The van der Waals surface area contributed by atoms with E-state index in [9.17, 15) is 4.79 Å². The van der Waals surface area contributed by atoms with Crippen molar-refractivity contribution in [1.29, 1.82) is 0 Å². The molecular formula is C28H35N3O5Si. The fraction of sp³-hybridized carbons (Fsp3) is 0.429. The Kier molecular flexibility index (Phi) is 6.62. The number of nitrogens with zero attached hydrogens (tertiary/aromatic N) is 1. The first-order valence-electron chi connectivity index (χ1n) is 12.6. The molecule has 0 radical (unpaired) electrons. The summed E-state index contributed by atoms with van der Waals surface area (Å²) in [5, 5.41) is 9.15. The summed E-state index contributed by atoms with van der Waals surface area (Å²) in [6.45, 7) is 10.8. The zero-order chi connectivity index (χ0) is 26.4. The number of fused-ring (bicyclic) bond motifs is 1. The number of amides is 1. The van der Waals surface area contributed by atoms with E-state index in [1.165, 1.54) is 10.4 Å². The molecule has 2 aliphatic heterocycles. The van der Waals surface area contributed by atoms with Gasteiger partial charge in [-0.25, -0.2) is 0 Å². The van der Waals surface area contributed by atoms with Gasteiger partial charge in [0.2, 0.25) is 0 Å². The Bertz CT molecular complexity index is 1200. The molecule has 3 N–H and O–H groups in total. The van der Waals surface area contributed by atoms with Crippen LogP contribution in [0, 0.1) is 0 Å².